The summed E-state index contributed by atoms with van der Waals surface area (Å²) in [4.78, 5) is 4.26. The Labute approximate surface area is 98.8 Å². The fraction of sp³-hybridized carbons (Fsp3) is 0.500. The predicted octanol–water partition coefficient (Wildman–Crippen LogP) is 0.206. The second kappa shape index (κ2) is 5.55. The molecule has 7 nitrogen and oxygen atoms in total. The van der Waals surface area contributed by atoms with Crippen molar-refractivity contribution in [1.82, 2.24) is 25.2 Å². The van der Waals surface area contributed by atoms with Crippen molar-refractivity contribution in [3.63, 3.8) is 0 Å². The maximum absolute atomic E-state index is 5.11. The third kappa shape index (κ3) is 3.11. The van der Waals surface area contributed by atoms with E-state index in [0.717, 1.165) is 12.1 Å². The van der Waals surface area contributed by atoms with Gasteiger partial charge in [0.1, 0.15) is 0 Å². The van der Waals surface area contributed by atoms with E-state index in [-0.39, 0.29) is 0 Å². The minimum absolute atomic E-state index is 0.538. The quantitative estimate of drug-likeness (QED) is 0.723. The van der Waals surface area contributed by atoms with Crippen LogP contribution in [0.5, 0.6) is 0 Å². The van der Waals surface area contributed by atoms with Crippen LogP contribution in [-0.4, -0.2) is 40.2 Å². The number of methoxy groups -OCH3 is 1. The molecular weight excluding hydrogens is 222 g/mol. The van der Waals surface area contributed by atoms with Gasteiger partial charge < -0.3 is 14.6 Å². The van der Waals surface area contributed by atoms with Crippen LogP contribution in [-0.2, 0) is 18.3 Å². The first-order chi connectivity index (χ1) is 8.29. The van der Waals surface area contributed by atoms with Crippen molar-refractivity contribution in [3.05, 3.63) is 18.3 Å². The molecular formula is C10H15N5O2. The van der Waals surface area contributed by atoms with Gasteiger partial charge in [0.05, 0.1) is 24.9 Å². The maximum Gasteiger partial charge on any atom is 0.240 e. The van der Waals surface area contributed by atoms with Crippen molar-refractivity contribution in [3.8, 4) is 11.4 Å². The fourth-order valence-corrected chi connectivity index (χ4v) is 1.35. The number of aromatic nitrogens is 4. The van der Waals surface area contributed by atoms with Gasteiger partial charge in [0, 0.05) is 26.9 Å². The zero-order valence-corrected chi connectivity index (χ0v) is 9.88. The van der Waals surface area contributed by atoms with Gasteiger partial charge in [-0.25, -0.2) is 0 Å². The third-order valence-electron chi connectivity index (χ3n) is 2.19. The van der Waals surface area contributed by atoms with Crippen LogP contribution >= 0.6 is 0 Å². The highest BCUT2D eigenvalue weighted by Crippen LogP contribution is 2.13. The monoisotopic (exact) mass is 237 g/mol. The first-order valence-electron chi connectivity index (χ1n) is 5.31. The van der Waals surface area contributed by atoms with Crippen LogP contribution in [0, 0.1) is 0 Å². The SMILES string of the molecule is COCCNCc1nc(-c2cnn(C)c2)no1. The first kappa shape index (κ1) is 11.7. The number of hydrogen-bond donors (Lipinski definition) is 1. The molecule has 1 N–H and O–H groups in total. The fourth-order valence-electron chi connectivity index (χ4n) is 1.35. The molecule has 0 radical (unpaired) electrons. The summed E-state index contributed by atoms with van der Waals surface area (Å²) in [5, 5.41) is 11.1. The van der Waals surface area contributed by atoms with Crippen molar-refractivity contribution in [2.75, 3.05) is 20.3 Å². The predicted molar refractivity (Wildman–Crippen MR) is 60.1 cm³/mol. The minimum atomic E-state index is 0.538. The number of ether oxygens (including phenoxy) is 1. The molecule has 7 heteroatoms. The van der Waals surface area contributed by atoms with Crippen molar-refractivity contribution in [2.24, 2.45) is 7.05 Å². The van der Waals surface area contributed by atoms with Gasteiger partial charge in [-0.2, -0.15) is 10.1 Å². The summed E-state index contributed by atoms with van der Waals surface area (Å²) in [6.07, 6.45) is 3.54. The Kier molecular flexibility index (Phi) is 3.84. The summed E-state index contributed by atoms with van der Waals surface area (Å²) in [5.74, 6) is 1.11. The van der Waals surface area contributed by atoms with Crippen LogP contribution in [0.25, 0.3) is 11.4 Å². The van der Waals surface area contributed by atoms with Gasteiger partial charge in [-0.15, -0.1) is 0 Å². The molecule has 0 fully saturated rings. The van der Waals surface area contributed by atoms with Crippen molar-refractivity contribution < 1.29 is 9.26 Å². The lowest BCUT2D eigenvalue weighted by Gasteiger charge is -1.98. The molecule has 0 amide bonds. The van der Waals surface area contributed by atoms with Gasteiger partial charge in [-0.1, -0.05) is 5.16 Å². The summed E-state index contributed by atoms with van der Waals surface area (Å²) in [6, 6.07) is 0. The van der Waals surface area contributed by atoms with E-state index < -0.39 is 0 Å². The molecule has 0 aliphatic carbocycles. The second-order valence-electron chi connectivity index (χ2n) is 3.58. The van der Waals surface area contributed by atoms with E-state index in [9.17, 15) is 0 Å². The molecule has 0 atom stereocenters. The van der Waals surface area contributed by atoms with Crippen molar-refractivity contribution in [1.29, 1.82) is 0 Å². The Hall–Kier alpha value is -1.73. The zero-order valence-electron chi connectivity index (χ0n) is 9.88. The topological polar surface area (TPSA) is 78.0 Å². The Balaban J connectivity index is 1.92. The van der Waals surface area contributed by atoms with Crippen LogP contribution in [0.3, 0.4) is 0 Å². The molecule has 2 aromatic heterocycles. The number of rotatable bonds is 6. The van der Waals surface area contributed by atoms with E-state index in [4.69, 9.17) is 9.26 Å². The highest BCUT2D eigenvalue weighted by Gasteiger charge is 2.09. The highest BCUT2D eigenvalue weighted by molar-refractivity contribution is 5.50. The van der Waals surface area contributed by atoms with E-state index >= 15 is 0 Å². The lowest BCUT2D eigenvalue weighted by atomic mass is 10.3. The first-order valence-corrected chi connectivity index (χ1v) is 5.31. The Morgan fingerprint density at radius 2 is 2.41 bits per heavy atom. The van der Waals surface area contributed by atoms with Crippen LogP contribution in [0.1, 0.15) is 5.89 Å². The molecule has 0 aliphatic heterocycles. The molecule has 0 aliphatic rings. The number of hydrogen-bond acceptors (Lipinski definition) is 6. The molecule has 0 saturated heterocycles. The lowest BCUT2D eigenvalue weighted by Crippen LogP contribution is -2.18. The van der Waals surface area contributed by atoms with E-state index in [1.807, 2.05) is 13.2 Å². The van der Waals surface area contributed by atoms with E-state index in [1.54, 1.807) is 18.0 Å². The van der Waals surface area contributed by atoms with Crippen LogP contribution < -0.4 is 5.32 Å². The summed E-state index contributed by atoms with van der Waals surface area (Å²) in [6.45, 7) is 1.95. The largest absolute Gasteiger partial charge is 0.383 e. The second-order valence-corrected chi connectivity index (χ2v) is 3.58. The molecule has 92 valence electrons. The molecule has 2 aromatic rings. The molecule has 0 aromatic carbocycles. The molecule has 17 heavy (non-hydrogen) atoms. The van der Waals surface area contributed by atoms with Gasteiger partial charge >= 0.3 is 0 Å². The minimum Gasteiger partial charge on any atom is -0.383 e. The van der Waals surface area contributed by atoms with Crippen LogP contribution in [0.15, 0.2) is 16.9 Å². The summed E-state index contributed by atoms with van der Waals surface area (Å²) in [7, 11) is 3.51. The molecule has 2 heterocycles. The number of nitrogens with one attached hydrogen (secondary N) is 1. The van der Waals surface area contributed by atoms with Crippen LogP contribution in [0.4, 0.5) is 0 Å². The Bertz CT molecular complexity index is 465. The number of aryl methyl sites for hydroxylation is 1. The average Bonchev–Trinajstić information content (AvgIpc) is 2.93. The molecule has 0 saturated carbocycles. The lowest BCUT2D eigenvalue weighted by molar-refractivity contribution is 0.197. The van der Waals surface area contributed by atoms with E-state index in [1.165, 1.54) is 0 Å². The molecule has 0 spiro atoms. The number of nitrogens with zero attached hydrogens (tertiary/aromatic N) is 4. The van der Waals surface area contributed by atoms with Gasteiger partial charge in [0.25, 0.3) is 0 Å². The van der Waals surface area contributed by atoms with E-state index in [2.05, 4.69) is 20.6 Å². The van der Waals surface area contributed by atoms with Gasteiger partial charge in [0.2, 0.25) is 11.7 Å². The van der Waals surface area contributed by atoms with Crippen LogP contribution in [0.2, 0.25) is 0 Å². The average molecular weight is 237 g/mol. The van der Waals surface area contributed by atoms with Gasteiger partial charge in [-0.05, 0) is 0 Å². The summed E-state index contributed by atoms with van der Waals surface area (Å²) < 4.78 is 11.7. The highest BCUT2D eigenvalue weighted by atomic mass is 16.5. The Morgan fingerprint density at radius 1 is 1.53 bits per heavy atom. The summed E-state index contributed by atoms with van der Waals surface area (Å²) >= 11 is 0. The zero-order chi connectivity index (χ0) is 12.1. The van der Waals surface area contributed by atoms with Crippen molar-refractivity contribution in [2.45, 2.75) is 6.54 Å². The molecule has 2 rings (SSSR count). The van der Waals surface area contributed by atoms with Crippen molar-refractivity contribution >= 4 is 0 Å². The van der Waals surface area contributed by atoms with E-state index in [0.29, 0.717) is 24.9 Å². The maximum atomic E-state index is 5.11. The van der Waals surface area contributed by atoms with Gasteiger partial charge in [-0.3, -0.25) is 4.68 Å². The normalized spacial score (nSPS) is 10.9. The summed E-state index contributed by atoms with van der Waals surface area (Å²) in [5.41, 5.74) is 0.847. The molecule has 0 bridgehead atoms. The smallest absolute Gasteiger partial charge is 0.240 e. The molecule has 0 unspecified atom stereocenters. The van der Waals surface area contributed by atoms with Gasteiger partial charge in [0.15, 0.2) is 0 Å². The standard InChI is InChI=1S/C10H15N5O2/c1-15-7-8(5-12-15)10-13-9(17-14-10)6-11-3-4-16-2/h5,7,11H,3-4,6H2,1-2H3. The third-order valence-corrected chi connectivity index (χ3v) is 2.19. The Morgan fingerprint density at radius 3 is 3.12 bits per heavy atom.